The number of thiazole rings is 1. The highest BCUT2D eigenvalue weighted by Gasteiger charge is 2.22. The van der Waals surface area contributed by atoms with E-state index < -0.39 is 0 Å². The van der Waals surface area contributed by atoms with Crippen LogP contribution in [0.2, 0.25) is 0 Å². The van der Waals surface area contributed by atoms with Gasteiger partial charge in [0.15, 0.2) is 0 Å². The molecule has 0 radical (unpaired) electrons. The van der Waals surface area contributed by atoms with Gasteiger partial charge in [-0.3, -0.25) is 4.90 Å². The Hall–Kier alpha value is -1.43. The van der Waals surface area contributed by atoms with Crippen molar-refractivity contribution in [2.75, 3.05) is 26.8 Å². The number of aliphatic hydroxyl groups excluding tert-OH is 1. The normalized spacial score (nSPS) is 19.0. The van der Waals surface area contributed by atoms with Gasteiger partial charge < -0.3 is 9.84 Å². The van der Waals surface area contributed by atoms with Gasteiger partial charge in [-0.1, -0.05) is 12.1 Å². The van der Waals surface area contributed by atoms with Gasteiger partial charge in [-0.15, -0.1) is 11.3 Å². The number of para-hydroxylation sites is 1. The van der Waals surface area contributed by atoms with Gasteiger partial charge in [0.25, 0.3) is 0 Å². The number of hydrogen-bond donors (Lipinski definition) is 1. The Kier molecular flexibility index (Phi) is 4.53. The van der Waals surface area contributed by atoms with Crippen molar-refractivity contribution in [2.24, 2.45) is 5.92 Å². The van der Waals surface area contributed by atoms with Crippen LogP contribution in [0.4, 0.5) is 0 Å². The molecule has 0 bridgehead atoms. The molecule has 2 aromatic rings. The molecule has 2 heterocycles. The van der Waals surface area contributed by atoms with Crippen LogP contribution in [-0.2, 0) is 6.54 Å². The third kappa shape index (κ3) is 3.26. The summed E-state index contributed by atoms with van der Waals surface area (Å²) >= 11 is 1.65. The van der Waals surface area contributed by atoms with Crippen molar-refractivity contribution in [3.05, 3.63) is 35.3 Å². The fourth-order valence-corrected chi connectivity index (χ4v) is 3.60. The number of methoxy groups -OCH3 is 1. The lowest BCUT2D eigenvalue weighted by molar-refractivity contribution is 0.219. The third-order valence-corrected chi connectivity index (χ3v) is 4.83. The summed E-state index contributed by atoms with van der Waals surface area (Å²) < 4.78 is 5.40. The van der Waals surface area contributed by atoms with E-state index in [-0.39, 0.29) is 0 Å². The fraction of sp³-hybridized carbons (Fsp3) is 0.438. The molecule has 1 aliphatic rings. The second-order valence-electron chi connectivity index (χ2n) is 5.42. The zero-order valence-electron chi connectivity index (χ0n) is 12.2. The molecular formula is C16H20N2O2S. The van der Waals surface area contributed by atoms with Crippen molar-refractivity contribution in [3.8, 4) is 16.3 Å². The van der Waals surface area contributed by atoms with Gasteiger partial charge in [0.2, 0.25) is 0 Å². The Labute approximate surface area is 129 Å². The van der Waals surface area contributed by atoms with Crippen molar-refractivity contribution in [1.82, 2.24) is 9.88 Å². The zero-order chi connectivity index (χ0) is 14.7. The average molecular weight is 304 g/mol. The van der Waals surface area contributed by atoms with E-state index in [0.717, 1.165) is 48.1 Å². The Bertz CT molecular complexity index is 599. The molecule has 1 atom stereocenters. The first-order valence-electron chi connectivity index (χ1n) is 7.21. The molecule has 3 rings (SSSR count). The lowest BCUT2D eigenvalue weighted by Gasteiger charge is -2.13. The van der Waals surface area contributed by atoms with Gasteiger partial charge >= 0.3 is 0 Å². The first-order valence-corrected chi connectivity index (χ1v) is 8.09. The average Bonchev–Trinajstić information content (AvgIpc) is 3.17. The van der Waals surface area contributed by atoms with Crippen molar-refractivity contribution in [1.29, 1.82) is 0 Å². The van der Waals surface area contributed by atoms with Gasteiger partial charge in [0.1, 0.15) is 10.8 Å². The zero-order valence-corrected chi connectivity index (χ0v) is 13.0. The summed E-state index contributed by atoms with van der Waals surface area (Å²) in [6, 6.07) is 7.98. The highest BCUT2D eigenvalue weighted by atomic mass is 32.1. The monoisotopic (exact) mass is 304 g/mol. The molecule has 1 saturated heterocycles. The number of nitrogens with zero attached hydrogens (tertiary/aromatic N) is 2. The molecule has 0 spiro atoms. The highest BCUT2D eigenvalue weighted by molar-refractivity contribution is 7.13. The van der Waals surface area contributed by atoms with Gasteiger partial charge in [0, 0.05) is 25.1 Å². The number of benzene rings is 1. The second kappa shape index (κ2) is 6.56. The number of aromatic nitrogens is 1. The van der Waals surface area contributed by atoms with Gasteiger partial charge in [0.05, 0.1) is 18.4 Å². The largest absolute Gasteiger partial charge is 0.496 e. The maximum atomic E-state index is 9.21. The number of aliphatic hydroxyl groups is 1. The molecule has 0 amide bonds. The van der Waals surface area contributed by atoms with E-state index in [1.165, 1.54) is 0 Å². The van der Waals surface area contributed by atoms with E-state index in [9.17, 15) is 5.11 Å². The van der Waals surface area contributed by atoms with E-state index in [1.807, 2.05) is 24.3 Å². The summed E-state index contributed by atoms with van der Waals surface area (Å²) in [5.41, 5.74) is 2.14. The quantitative estimate of drug-likeness (QED) is 0.922. The Morgan fingerprint density at radius 2 is 2.29 bits per heavy atom. The second-order valence-corrected chi connectivity index (χ2v) is 6.27. The molecule has 1 unspecified atom stereocenters. The topological polar surface area (TPSA) is 45.6 Å². The molecule has 4 nitrogen and oxygen atoms in total. The highest BCUT2D eigenvalue weighted by Crippen LogP contribution is 2.32. The number of ether oxygens (including phenoxy) is 1. The number of likely N-dealkylation sites (tertiary alicyclic amines) is 1. The van der Waals surface area contributed by atoms with Crippen LogP contribution in [-0.4, -0.2) is 41.8 Å². The van der Waals surface area contributed by atoms with E-state index in [1.54, 1.807) is 18.4 Å². The minimum atomic E-state index is 0.292. The number of hydrogen-bond acceptors (Lipinski definition) is 5. The third-order valence-electron chi connectivity index (χ3n) is 3.90. The number of rotatable bonds is 5. The summed E-state index contributed by atoms with van der Waals surface area (Å²) in [5, 5.41) is 12.3. The van der Waals surface area contributed by atoms with E-state index in [4.69, 9.17) is 9.72 Å². The molecule has 21 heavy (non-hydrogen) atoms. The SMILES string of the molecule is COc1ccccc1-c1nc(CN2CCC(CO)C2)cs1. The van der Waals surface area contributed by atoms with Crippen LogP contribution in [0.3, 0.4) is 0 Å². The van der Waals surface area contributed by atoms with Crippen molar-refractivity contribution < 1.29 is 9.84 Å². The van der Waals surface area contributed by atoms with Crippen molar-refractivity contribution in [3.63, 3.8) is 0 Å². The molecular weight excluding hydrogens is 284 g/mol. The molecule has 1 fully saturated rings. The molecule has 5 heteroatoms. The van der Waals surface area contributed by atoms with Gasteiger partial charge in [-0.05, 0) is 31.0 Å². The summed E-state index contributed by atoms with van der Waals surface area (Å²) in [6.07, 6.45) is 1.08. The van der Waals surface area contributed by atoms with Crippen LogP contribution in [0, 0.1) is 5.92 Å². The summed E-state index contributed by atoms with van der Waals surface area (Å²) in [6.45, 7) is 3.17. The van der Waals surface area contributed by atoms with Crippen LogP contribution in [0.5, 0.6) is 5.75 Å². The van der Waals surface area contributed by atoms with Crippen molar-refractivity contribution >= 4 is 11.3 Å². The minimum Gasteiger partial charge on any atom is -0.496 e. The summed E-state index contributed by atoms with van der Waals surface area (Å²) in [5.74, 6) is 1.29. The Balaban J connectivity index is 1.72. The van der Waals surface area contributed by atoms with Gasteiger partial charge in [-0.25, -0.2) is 4.98 Å². The predicted molar refractivity (Wildman–Crippen MR) is 84.6 cm³/mol. The van der Waals surface area contributed by atoms with E-state index >= 15 is 0 Å². The van der Waals surface area contributed by atoms with Crippen LogP contribution in [0.15, 0.2) is 29.6 Å². The van der Waals surface area contributed by atoms with Crippen LogP contribution in [0.1, 0.15) is 12.1 Å². The van der Waals surface area contributed by atoms with E-state index in [0.29, 0.717) is 12.5 Å². The predicted octanol–water partition coefficient (Wildman–Crippen LogP) is 2.63. The first-order chi connectivity index (χ1) is 10.3. The molecule has 1 aromatic carbocycles. The van der Waals surface area contributed by atoms with Crippen LogP contribution < -0.4 is 4.74 Å². The lowest BCUT2D eigenvalue weighted by atomic mass is 10.1. The van der Waals surface area contributed by atoms with Gasteiger partial charge in [-0.2, -0.15) is 0 Å². The molecule has 1 N–H and O–H groups in total. The maximum Gasteiger partial charge on any atom is 0.129 e. The summed E-state index contributed by atoms with van der Waals surface area (Å²) in [7, 11) is 1.69. The standard InChI is InChI=1S/C16H20N2O2S/c1-20-15-5-3-2-4-14(15)16-17-13(11-21-16)9-18-7-6-12(8-18)10-19/h2-5,11-12,19H,6-10H2,1H3. The molecule has 112 valence electrons. The van der Waals surface area contributed by atoms with Crippen LogP contribution >= 0.6 is 11.3 Å². The molecule has 1 aromatic heterocycles. The Morgan fingerprint density at radius 1 is 1.43 bits per heavy atom. The minimum absolute atomic E-state index is 0.292. The molecule has 0 aliphatic carbocycles. The van der Waals surface area contributed by atoms with Crippen LogP contribution in [0.25, 0.3) is 10.6 Å². The molecule has 1 aliphatic heterocycles. The fourth-order valence-electron chi connectivity index (χ4n) is 2.76. The summed E-state index contributed by atoms with van der Waals surface area (Å²) in [4.78, 5) is 7.10. The van der Waals surface area contributed by atoms with Crippen molar-refractivity contribution in [2.45, 2.75) is 13.0 Å². The Morgan fingerprint density at radius 3 is 3.05 bits per heavy atom. The first kappa shape index (κ1) is 14.5. The van der Waals surface area contributed by atoms with E-state index in [2.05, 4.69) is 10.3 Å². The maximum absolute atomic E-state index is 9.21. The smallest absolute Gasteiger partial charge is 0.129 e. The molecule has 0 saturated carbocycles. The lowest BCUT2D eigenvalue weighted by Crippen LogP contribution is -2.21.